The van der Waals surface area contributed by atoms with E-state index in [1.807, 2.05) is 0 Å². The Morgan fingerprint density at radius 2 is 2.04 bits per heavy atom. The van der Waals surface area contributed by atoms with Crippen LogP contribution in [0.15, 0.2) is 52.0 Å². The molecule has 7 heteroatoms. The first kappa shape index (κ1) is 17.0. The first-order valence-corrected chi connectivity index (χ1v) is 7.44. The molecular weight excluding hydrogens is 364 g/mol. The monoisotopic (exact) mass is 378 g/mol. The van der Waals surface area contributed by atoms with Crippen LogP contribution in [-0.2, 0) is 4.79 Å². The summed E-state index contributed by atoms with van der Waals surface area (Å²) in [4.78, 5) is 11.8. The van der Waals surface area contributed by atoms with Crippen molar-refractivity contribution < 1.29 is 19.7 Å². The molecule has 0 aromatic heterocycles. The van der Waals surface area contributed by atoms with E-state index in [-0.39, 0.29) is 5.75 Å². The Labute approximate surface area is 141 Å². The van der Waals surface area contributed by atoms with Crippen LogP contribution in [0, 0.1) is 0 Å². The van der Waals surface area contributed by atoms with Crippen LogP contribution in [0.4, 0.5) is 0 Å². The summed E-state index contributed by atoms with van der Waals surface area (Å²) >= 11 is 3.19. The fraction of sp³-hybridized carbons (Fsp3) is 0.125. The van der Waals surface area contributed by atoms with E-state index >= 15 is 0 Å². The molecule has 2 aromatic carbocycles. The molecule has 0 spiro atoms. The maximum Gasteiger partial charge on any atom is 0.273 e. The summed E-state index contributed by atoms with van der Waals surface area (Å²) in [7, 11) is 1.50. The van der Waals surface area contributed by atoms with E-state index in [2.05, 4.69) is 26.5 Å². The molecule has 2 aromatic rings. The molecule has 0 unspecified atom stereocenters. The number of aromatic hydroxyl groups is 1. The maximum atomic E-state index is 11.8. The van der Waals surface area contributed by atoms with Crippen LogP contribution in [0.2, 0.25) is 0 Å². The molecule has 0 heterocycles. The lowest BCUT2D eigenvalue weighted by molar-refractivity contribution is -0.129. The average molecular weight is 379 g/mol. The van der Waals surface area contributed by atoms with Crippen LogP contribution in [0.5, 0.6) is 11.5 Å². The van der Waals surface area contributed by atoms with E-state index in [1.54, 1.807) is 42.5 Å². The first-order valence-electron chi connectivity index (χ1n) is 6.65. The van der Waals surface area contributed by atoms with E-state index in [0.29, 0.717) is 21.3 Å². The van der Waals surface area contributed by atoms with Crippen molar-refractivity contribution >= 4 is 28.1 Å². The standard InChI is InChI=1S/C16H15BrN2O4/c1-23-12-7-11(14(20)13(17)8-12)9-18-19-16(22)15(21)10-5-3-2-4-6-10/h2-9,15,20-21H,1H3,(H,19,22)/b18-9-/t15-/m0/s1. The molecule has 0 radical (unpaired) electrons. The molecule has 0 aliphatic rings. The fourth-order valence-electron chi connectivity index (χ4n) is 1.82. The Morgan fingerprint density at radius 1 is 1.35 bits per heavy atom. The summed E-state index contributed by atoms with van der Waals surface area (Å²) in [5, 5.41) is 23.6. The van der Waals surface area contributed by atoms with Crippen molar-refractivity contribution in [2.24, 2.45) is 5.10 Å². The van der Waals surface area contributed by atoms with Crippen LogP contribution in [0.3, 0.4) is 0 Å². The van der Waals surface area contributed by atoms with Gasteiger partial charge in [-0.25, -0.2) is 5.43 Å². The molecule has 1 atom stereocenters. The summed E-state index contributed by atoms with van der Waals surface area (Å²) in [5.74, 6) is -0.187. The Bertz CT molecular complexity index is 720. The number of carbonyl (C=O) groups is 1. The van der Waals surface area contributed by atoms with Crippen LogP contribution in [-0.4, -0.2) is 29.4 Å². The van der Waals surface area contributed by atoms with Crippen molar-refractivity contribution in [3.05, 3.63) is 58.1 Å². The van der Waals surface area contributed by atoms with E-state index in [0.717, 1.165) is 0 Å². The number of rotatable bonds is 5. The number of hydrazone groups is 1. The topological polar surface area (TPSA) is 91.2 Å². The first-order chi connectivity index (χ1) is 11.0. The highest BCUT2D eigenvalue weighted by Gasteiger charge is 2.16. The van der Waals surface area contributed by atoms with Crippen LogP contribution in [0.25, 0.3) is 0 Å². The average Bonchev–Trinajstić information content (AvgIpc) is 2.58. The number of nitrogens with one attached hydrogen (secondary N) is 1. The normalized spacial score (nSPS) is 12.1. The molecule has 1 amide bonds. The van der Waals surface area contributed by atoms with Gasteiger partial charge in [0.25, 0.3) is 5.91 Å². The van der Waals surface area contributed by atoms with Gasteiger partial charge < -0.3 is 14.9 Å². The lowest BCUT2D eigenvalue weighted by Crippen LogP contribution is -2.25. The van der Waals surface area contributed by atoms with Crippen molar-refractivity contribution in [2.45, 2.75) is 6.10 Å². The van der Waals surface area contributed by atoms with Crippen molar-refractivity contribution in [1.82, 2.24) is 5.43 Å². The third kappa shape index (κ3) is 4.30. The highest BCUT2D eigenvalue weighted by Crippen LogP contribution is 2.31. The third-order valence-corrected chi connectivity index (χ3v) is 3.65. The lowest BCUT2D eigenvalue weighted by atomic mass is 10.1. The molecule has 0 saturated heterocycles. The van der Waals surface area contributed by atoms with Gasteiger partial charge in [-0.05, 0) is 33.6 Å². The Morgan fingerprint density at radius 3 is 2.70 bits per heavy atom. The zero-order valence-corrected chi connectivity index (χ0v) is 13.8. The Balaban J connectivity index is 2.07. The highest BCUT2D eigenvalue weighted by atomic mass is 79.9. The number of aliphatic hydroxyl groups is 1. The van der Waals surface area contributed by atoms with Gasteiger partial charge in [0.2, 0.25) is 0 Å². The molecule has 0 saturated carbocycles. The van der Waals surface area contributed by atoms with E-state index < -0.39 is 12.0 Å². The summed E-state index contributed by atoms with van der Waals surface area (Å²) in [5.41, 5.74) is 3.04. The van der Waals surface area contributed by atoms with Gasteiger partial charge in [-0.15, -0.1) is 0 Å². The van der Waals surface area contributed by atoms with Gasteiger partial charge in [0, 0.05) is 5.56 Å². The Kier molecular flexibility index (Phi) is 5.72. The number of halogens is 1. The van der Waals surface area contributed by atoms with Crippen molar-refractivity contribution in [3.8, 4) is 11.5 Å². The quantitative estimate of drug-likeness (QED) is 0.550. The fourth-order valence-corrected chi connectivity index (χ4v) is 2.28. The molecule has 6 nitrogen and oxygen atoms in total. The second kappa shape index (κ2) is 7.75. The largest absolute Gasteiger partial charge is 0.506 e. The van der Waals surface area contributed by atoms with Gasteiger partial charge in [-0.2, -0.15) is 5.10 Å². The number of phenols is 1. The summed E-state index contributed by atoms with van der Waals surface area (Å²) in [6.07, 6.45) is -0.0582. The second-order valence-electron chi connectivity index (χ2n) is 4.59. The smallest absolute Gasteiger partial charge is 0.273 e. The molecule has 0 fully saturated rings. The number of aliphatic hydroxyl groups excluding tert-OH is 1. The lowest BCUT2D eigenvalue weighted by Gasteiger charge is -2.09. The molecular formula is C16H15BrN2O4. The minimum absolute atomic E-state index is 0.0348. The number of hydrogen-bond donors (Lipinski definition) is 3. The molecule has 3 N–H and O–H groups in total. The number of benzene rings is 2. The van der Waals surface area contributed by atoms with Crippen LogP contribution < -0.4 is 10.2 Å². The number of phenolic OH excluding ortho intramolecular Hbond substituents is 1. The second-order valence-corrected chi connectivity index (χ2v) is 5.45. The van der Waals surface area contributed by atoms with Crippen molar-refractivity contribution in [2.75, 3.05) is 7.11 Å². The van der Waals surface area contributed by atoms with Gasteiger partial charge in [0.1, 0.15) is 11.5 Å². The van der Waals surface area contributed by atoms with Crippen LogP contribution >= 0.6 is 15.9 Å². The zero-order valence-electron chi connectivity index (χ0n) is 12.2. The SMILES string of the molecule is COc1cc(Br)c(O)c(/C=N\NC(=O)[C@@H](O)c2ccccc2)c1. The van der Waals surface area contributed by atoms with Gasteiger partial charge in [0.15, 0.2) is 6.10 Å². The minimum Gasteiger partial charge on any atom is -0.506 e. The number of carbonyl (C=O) groups excluding carboxylic acids is 1. The number of amides is 1. The maximum absolute atomic E-state index is 11.8. The minimum atomic E-state index is -1.32. The van der Waals surface area contributed by atoms with Crippen LogP contribution in [0.1, 0.15) is 17.2 Å². The molecule has 0 bridgehead atoms. The van der Waals surface area contributed by atoms with Gasteiger partial charge in [0.05, 0.1) is 17.8 Å². The molecule has 2 rings (SSSR count). The molecule has 23 heavy (non-hydrogen) atoms. The number of ether oxygens (including phenoxy) is 1. The predicted molar refractivity (Wildman–Crippen MR) is 89.5 cm³/mol. The molecule has 120 valence electrons. The zero-order chi connectivity index (χ0) is 16.8. The van der Waals surface area contributed by atoms with E-state index in [4.69, 9.17) is 4.74 Å². The van der Waals surface area contributed by atoms with Crippen molar-refractivity contribution in [3.63, 3.8) is 0 Å². The van der Waals surface area contributed by atoms with E-state index in [9.17, 15) is 15.0 Å². The van der Waals surface area contributed by atoms with Gasteiger partial charge >= 0.3 is 0 Å². The molecule has 0 aliphatic carbocycles. The number of methoxy groups -OCH3 is 1. The summed E-state index contributed by atoms with van der Waals surface area (Å²) in [6, 6.07) is 11.7. The molecule has 0 aliphatic heterocycles. The van der Waals surface area contributed by atoms with Crippen molar-refractivity contribution in [1.29, 1.82) is 0 Å². The van der Waals surface area contributed by atoms with Gasteiger partial charge in [-0.1, -0.05) is 30.3 Å². The number of hydrogen-bond acceptors (Lipinski definition) is 5. The van der Waals surface area contributed by atoms with E-state index in [1.165, 1.54) is 13.3 Å². The number of nitrogens with zero attached hydrogens (tertiary/aromatic N) is 1. The Hall–Kier alpha value is -2.38. The summed E-state index contributed by atoms with van der Waals surface area (Å²) < 4.78 is 5.52. The summed E-state index contributed by atoms with van der Waals surface area (Å²) in [6.45, 7) is 0. The predicted octanol–water partition coefficient (Wildman–Crippen LogP) is 2.35. The third-order valence-electron chi connectivity index (χ3n) is 3.04. The van der Waals surface area contributed by atoms with Gasteiger partial charge in [-0.3, -0.25) is 4.79 Å². The highest BCUT2D eigenvalue weighted by molar-refractivity contribution is 9.10.